The number of nitrogens with zero attached hydrogens (tertiary/aromatic N) is 1. The minimum absolute atomic E-state index is 0.0784. The van der Waals surface area contributed by atoms with Crippen LogP contribution in [0.1, 0.15) is 53.6 Å². The fraction of sp³-hybridized carbons (Fsp3) is 0.480. The molecule has 2 aliphatic heterocycles. The van der Waals surface area contributed by atoms with Gasteiger partial charge in [0.15, 0.2) is 0 Å². The molecule has 2 saturated heterocycles. The molecule has 0 spiro atoms. The standard InChI is InChI=1S/C25H32N2O3/c28-25(20-10-6-11-23(16-20)30-19-24-12-7-15-29-24)26-17-21-8-2-3-9-22(21)18-27-13-4-1-5-14-27/h2-3,6,8-11,16,24H,1,4-5,7,12-15,17-19H2,(H,26,28). The SMILES string of the molecule is O=C(NCc1ccccc1CN1CCCCC1)c1cccc(OCC2CCCO2)c1. The lowest BCUT2D eigenvalue weighted by Crippen LogP contribution is -2.30. The smallest absolute Gasteiger partial charge is 0.251 e. The lowest BCUT2D eigenvalue weighted by Gasteiger charge is -2.27. The first-order valence-corrected chi connectivity index (χ1v) is 11.2. The quantitative estimate of drug-likeness (QED) is 0.713. The topological polar surface area (TPSA) is 50.8 Å². The lowest BCUT2D eigenvalue weighted by atomic mass is 10.0. The molecule has 1 atom stereocenters. The second kappa shape index (κ2) is 10.6. The average Bonchev–Trinajstić information content (AvgIpc) is 3.32. The van der Waals surface area contributed by atoms with E-state index in [4.69, 9.17) is 9.47 Å². The van der Waals surface area contributed by atoms with Crippen molar-refractivity contribution in [3.05, 3.63) is 65.2 Å². The van der Waals surface area contributed by atoms with Gasteiger partial charge in [-0.3, -0.25) is 9.69 Å². The first-order valence-electron chi connectivity index (χ1n) is 11.2. The molecular weight excluding hydrogens is 376 g/mol. The van der Waals surface area contributed by atoms with E-state index < -0.39 is 0 Å². The summed E-state index contributed by atoms with van der Waals surface area (Å²) in [5.74, 6) is 0.633. The number of hydrogen-bond acceptors (Lipinski definition) is 4. The molecule has 0 bridgehead atoms. The largest absolute Gasteiger partial charge is 0.491 e. The van der Waals surface area contributed by atoms with Crippen LogP contribution in [-0.4, -0.2) is 43.2 Å². The Hall–Kier alpha value is -2.37. The summed E-state index contributed by atoms with van der Waals surface area (Å²) >= 11 is 0. The highest BCUT2D eigenvalue weighted by Crippen LogP contribution is 2.19. The molecule has 2 aliphatic rings. The molecule has 0 aromatic heterocycles. The van der Waals surface area contributed by atoms with Crippen molar-refractivity contribution in [2.75, 3.05) is 26.3 Å². The van der Waals surface area contributed by atoms with E-state index >= 15 is 0 Å². The molecule has 1 unspecified atom stereocenters. The van der Waals surface area contributed by atoms with E-state index in [1.54, 1.807) is 0 Å². The molecule has 0 radical (unpaired) electrons. The number of likely N-dealkylation sites (tertiary alicyclic amines) is 1. The number of piperidine rings is 1. The van der Waals surface area contributed by atoms with Crippen molar-refractivity contribution in [1.82, 2.24) is 10.2 Å². The van der Waals surface area contributed by atoms with E-state index in [1.165, 1.54) is 43.5 Å². The Balaban J connectivity index is 1.32. The van der Waals surface area contributed by atoms with Gasteiger partial charge in [0.05, 0.1) is 6.10 Å². The summed E-state index contributed by atoms with van der Waals surface area (Å²) in [6.07, 6.45) is 6.20. The number of carbonyl (C=O) groups excluding carboxylic acids is 1. The summed E-state index contributed by atoms with van der Waals surface area (Å²) in [6.45, 7) is 5.17. The van der Waals surface area contributed by atoms with Gasteiger partial charge >= 0.3 is 0 Å². The molecule has 4 rings (SSSR count). The van der Waals surface area contributed by atoms with Crippen molar-refractivity contribution in [1.29, 1.82) is 0 Å². The monoisotopic (exact) mass is 408 g/mol. The van der Waals surface area contributed by atoms with Gasteiger partial charge in [-0.25, -0.2) is 0 Å². The molecule has 2 aromatic rings. The molecule has 0 aliphatic carbocycles. The number of amides is 1. The Bertz CT molecular complexity index is 827. The Morgan fingerprint density at radius 2 is 1.87 bits per heavy atom. The minimum Gasteiger partial charge on any atom is -0.491 e. The number of benzene rings is 2. The van der Waals surface area contributed by atoms with Crippen molar-refractivity contribution in [2.24, 2.45) is 0 Å². The second-order valence-electron chi connectivity index (χ2n) is 8.26. The number of carbonyl (C=O) groups is 1. The van der Waals surface area contributed by atoms with Gasteiger partial charge in [-0.2, -0.15) is 0 Å². The van der Waals surface area contributed by atoms with Gasteiger partial charge in [0, 0.05) is 25.3 Å². The summed E-state index contributed by atoms with van der Waals surface area (Å²) in [7, 11) is 0. The first kappa shape index (κ1) is 20.9. The highest BCUT2D eigenvalue weighted by Gasteiger charge is 2.17. The molecule has 5 nitrogen and oxygen atoms in total. The van der Waals surface area contributed by atoms with Crippen LogP contribution >= 0.6 is 0 Å². The third-order valence-corrected chi connectivity index (χ3v) is 5.96. The molecule has 0 saturated carbocycles. The summed E-state index contributed by atoms with van der Waals surface area (Å²) in [5.41, 5.74) is 3.10. The molecule has 2 fully saturated rings. The zero-order valence-corrected chi connectivity index (χ0v) is 17.6. The van der Waals surface area contributed by atoms with Gasteiger partial charge in [0.25, 0.3) is 5.91 Å². The zero-order valence-electron chi connectivity index (χ0n) is 17.6. The van der Waals surface area contributed by atoms with Gasteiger partial charge in [0.2, 0.25) is 0 Å². The van der Waals surface area contributed by atoms with Gasteiger partial charge in [-0.15, -0.1) is 0 Å². The zero-order chi connectivity index (χ0) is 20.6. The highest BCUT2D eigenvalue weighted by molar-refractivity contribution is 5.94. The third kappa shape index (κ3) is 5.83. The number of rotatable bonds is 8. The van der Waals surface area contributed by atoms with Crippen molar-refractivity contribution >= 4 is 5.91 Å². The van der Waals surface area contributed by atoms with E-state index in [-0.39, 0.29) is 12.0 Å². The first-order chi connectivity index (χ1) is 14.8. The van der Waals surface area contributed by atoms with E-state index in [2.05, 4.69) is 28.4 Å². The molecular formula is C25H32N2O3. The van der Waals surface area contributed by atoms with Crippen LogP contribution in [-0.2, 0) is 17.8 Å². The van der Waals surface area contributed by atoms with Crippen LogP contribution in [0.4, 0.5) is 0 Å². The predicted octanol–water partition coefficient (Wildman–Crippen LogP) is 4.16. The third-order valence-electron chi connectivity index (χ3n) is 5.96. The van der Waals surface area contributed by atoms with Crippen molar-refractivity contribution in [3.8, 4) is 5.75 Å². The van der Waals surface area contributed by atoms with Gasteiger partial charge in [0.1, 0.15) is 12.4 Å². The molecule has 1 amide bonds. The van der Waals surface area contributed by atoms with Crippen LogP contribution < -0.4 is 10.1 Å². The highest BCUT2D eigenvalue weighted by atomic mass is 16.5. The fourth-order valence-electron chi connectivity index (χ4n) is 4.21. The molecule has 30 heavy (non-hydrogen) atoms. The summed E-state index contributed by atoms with van der Waals surface area (Å²) in [4.78, 5) is 15.2. The predicted molar refractivity (Wildman–Crippen MR) is 118 cm³/mol. The van der Waals surface area contributed by atoms with E-state index in [0.717, 1.165) is 26.0 Å². The van der Waals surface area contributed by atoms with E-state index in [0.29, 0.717) is 24.5 Å². The van der Waals surface area contributed by atoms with Crippen LogP contribution in [0.15, 0.2) is 48.5 Å². The number of nitrogens with one attached hydrogen (secondary N) is 1. The Morgan fingerprint density at radius 3 is 2.67 bits per heavy atom. The van der Waals surface area contributed by atoms with Crippen molar-refractivity contribution < 1.29 is 14.3 Å². The Morgan fingerprint density at radius 1 is 1.03 bits per heavy atom. The fourth-order valence-corrected chi connectivity index (χ4v) is 4.21. The van der Waals surface area contributed by atoms with Gasteiger partial charge < -0.3 is 14.8 Å². The molecule has 2 aromatic carbocycles. The van der Waals surface area contributed by atoms with E-state index in [1.807, 2.05) is 30.3 Å². The lowest BCUT2D eigenvalue weighted by molar-refractivity contribution is 0.0679. The van der Waals surface area contributed by atoms with Crippen molar-refractivity contribution in [2.45, 2.75) is 51.3 Å². The Labute approximate surface area is 179 Å². The number of ether oxygens (including phenoxy) is 2. The normalized spacial score (nSPS) is 19.5. The van der Waals surface area contributed by atoms with Crippen molar-refractivity contribution in [3.63, 3.8) is 0 Å². The van der Waals surface area contributed by atoms with Crippen LogP contribution in [0.3, 0.4) is 0 Å². The maximum Gasteiger partial charge on any atom is 0.251 e. The van der Waals surface area contributed by atoms with Crippen LogP contribution in [0.5, 0.6) is 5.75 Å². The maximum absolute atomic E-state index is 12.7. The average molecular weight is 409 g/mol. The summed E-state index contributed by atoms with van der Waals surface area (Å²) in [5, 5.41) is 3.08. The number of hydrogen-bond donors (Lipinski definition) is 1. The van der Waals surface area contributed by atoms with Crippen LogP contribution in [0.25, 0.3) is 0 Å². The molecule has 160 valence electrons. The van der Waals surface area contributed by atoms with Gasteiger partial charge in [-0.1, -0.05) is 36.8 Å². The second-order valence-corrected chi connectivity index (χ2v) is 8.26. The van der Waals surface area contributed by atoms with Gasteiger partial charge in [-0.05, 0) is 68.1 Å². The molecule has 5 heteroatoms. The molecule has 1 N–H and O–H groups in total. The summed E-state index contributed by atoms with van der Waals surface area (Å²) in [6, 6.07) is 15.8. The van der Waals surface area contributed by atoms with E-state index in [9.17, 15) is 4.79 Å². The van der Waals surface area contributed by atoms with Crippen LogP contribution in [0.2, 0.25) is 0 Å². The maximum atomic E-state index is 12.7. The Kier molecular flexibility index (Phi) is 7.38. The molecule has 2 heterocycles. The minimum atomic E-state index is -0.0784. The summed E-state index contributed by atoms with van der Waals surface area (Å²) < 4.78 is 11.4. The van der Waals surface area contributed by atoms with Crippen LogP contribution in [0, 0.1) is 0 Å².